The van der Waals surface area contributed by atoms with E-state index in [1.54, 1.807) is 6.92 Å². The maximum Gasteiger partial charge on any atom is 0.312 e. The molecule has 0 spiro atoms. The molecule has 78 valence electrons. The van der Waals surface area contributed by atoms with Crippen LogP contribution in [0, 0.1) is 6.92 Å². The molecule has 2 rings (SSSR count). The van der Waals surface area contributed by atoms with Crippen molar-refractivity contribution in [1.82, 2.24) is 10.2 Å². The zero-order valence-corrected chi connectivity index (χ0v) is 8.61. The summed E-state index contributed by atoms with van der Waals surface area (Å²) in [6, 6.07) is 5.75. The zero-order chi connectivity index (χ0) is 11.0. The van der Waals surface area contributed by atoms with Gasteiger partial charge in [-0.25, -0.2) is 0 Å². The molecule has 0 amide bonds. The molecule has 0 aliphatic rings. The summed E-state index contributed by atoms with van der Waals surface area (Å²) in [4.78, 5) is 10.9. The Morgan fingerprint density at radius 1 is 1.53 bits per heavy atom. The lowest BCUT2D eigenvalue weighted by Gasteiger charge is -2.03. The van der Waals surface area contributed by atoms with Gasteiger partial charge in [0.1, 0.15) is 0 Å². The summed E-state index contributed by atoms with van der Waals surface area (Å²) in [5, 5.41) is 16.8. The quantitative estimate of drug-likeness (QED) is 0.786. The number of aryl methyl sites for hydroxylation is 1. The second-order valence-corrected chi connectivity index (χ2v) is 3.67. The first-order valence-corrected chi connectivity index (χ1v) is 4.77. The molecule has 0 radical (unpaired) electrons. The number of carboxylic acids is 1. The summed E-state index contributed by atoms with van der Waals surface area (Å²) in [6.45, 7) is 3.61. The number of H-pyrrole nitrogens is 1. The van der Waals surface area contributed by atoms with Gasteiger partial charge in [0.2, 0.25) is 0 Å². The second-order valence-electron chi connectivity index (χ2n) is 3.67. The van der Waals surface area contributed by atoms with Crippen molar-refractivity contribution in [3.63, 3.8) is 0 Å². The van der Waals surface area contributed by atoms with E-state index in [1.807, 2.05) is 25.1 Å². The second kappa shape index (κ2) is 3.38. The van der Waals surface area contributed by atoms with Gasteiger partial charge in [-0.1, -0.05) is 18.2 Å². The van der Waals surface area contributed by atoms with Gasteiger partial charge in [-0.3, -0.25) is 9.89 Å². The highest BCUT2D eigenvalue weighted by Crippen LogP contribution is 2.24. The van der Waals surface area contributed by atoms with Crippen LogP contribution in [0.5, 0.6) is 0 Å². The number of carboxylic acid groups (broad SMARTS) is 1. The number of para-hydroxylation sites is 1. The molecule has 4 nitrogen and oxygen atoms in total. The average molecular weight is 204 g/mol. The summed E-state index contributed by atoms with van der Waals surface area (Å²) >= 11 is 0. The Morgan fingerprint density at radius 2 is 2.27 bits per heavy atom. The summed E-state index contributed by atoms with van der Waals surface area (Å²) in [6.07, 6.45) is 0. The van der Waals surface area contributed by atoms with Crippen LogP contribution in [0.2, 0.25) is 0 Å². The van der Waals surface area contributed by atoms with Crippen molar-refractivity contribution in [1.29, 1.82) is 0 Å². The number of aliphatic carboxylic acids is 1. The normalized spacial score (nSPS) is 12.9. The minimum absolute atomic E-state index is 0.559. The van der Waals surface area contributed by atoms with E-state index in [9.17, 15) is 4.79 Å². The van der Waals surface area contributed by atoms with Crippen LogP contribution < -0.4 is 0 Å². The van der Waals surface area contributed by atoms with E-state index in [1.165, 1.54) is 0 Å². The molecule has 0 bridgehead atoms. The van der Waals surface area contributed by atoms with Gasteiger partial charge in [0.15, 0.2) is 0 Å². The Bertz CT molecular complexity index is 516. The third-order valence-corrected chi connectivity index (χ3v) is 2.62. The fourth-order valence-corrected chi connectivity index (χ4v) is 1.65. The monoisotopic (exact) mass is 204 g/mol. The van der Waals surface area contributed by atoms with Gasteiger partial charge < -0.3 is 5.11 Å². The zero-order valence-electron chi connectivity index (χ0n) is 8.61. The predicted molar refractivity (Wildman–Crippen MR) is 56.9 cm³/mol. The first kappa shape index (κ1) is 9.71. The smallest absolute Gasteiger partial charge is 0.312 e. The van der Waals surface area contributed by atoms with E-state index in [0.29, 0.717) is 5.69 Å². The summed E-state index contributed by atoms with van der Waals surface area (Å²) in [5.74, 6) is -1.40. The van der Waals surface area contributed by atoms with Crippen molar-refractivity contribution in [3.05, 3.63) is 29.5 Å². The van der Waals surface area contributed by atoms with Crippen LogP contribution in [-0.2, 0) is 4.79 Å². The Morgan fingerprint density at radius 3 is 2.93 bits per heavy atom. The number of hydrogen-bond acceptors (Lipinski definition) is 2. The number of fused-ring (bicyclic) bond motifs is 1. The highest BCUT2D eigenvalue weighted by Gasteiger charge is 2.19. The minimum Gasteiger partial charge on any atom is -0.481 e. The highest BCUT2D eigenvalue weighted by atomic mass is 16.4. The minimum atomic E-state index is -0.845. The fourth-order valence-electron chi connectivity index (χ4n) is 1.65. The molecule has 4 heteroatoms. The Labute approximate surface area is 86.9 Å². The number of hydrogen-bond donors (Lipinski definition) is 2. The van der Waals surface area contributed by atoms with Crippen molar-refractivity contribution in [2.75, 3.05) is 0 Å². The fraction of sp³-hybridized carbons (Fsp3) is 0.273. The van der Waals surface area contributed by atoms with Crippen LogP contribution in [0.3, 0.4) is 0 Å². The van der Waals surface area contributed by atoms with Gasteiger partial charge in [-0.15, -0.1) is 0 Å². The summed E-state index contributed by atoms with van der Waals surface area (Å²) in [5.41, 5.74) is 2.56. The van der Waals surface area contributed by atoms with Gasteiger partial charge in [0.05, 0.1) is 17.1 Å². The topological polar surface area (TPSA) is 66.0 Å². The van der Waals surface area contributed by atoms with Crippen molar-refractivity contribution >= 4 is 16.9 Å². The lowest BCUT2D eigenvalue weighted by atomic mass is 10.0. The third-order valence-electron chi connectivity index (χ3n) is 2.62. The molecule has 2 aromatic rings. The molecule has 0 aliphatic heterocycles. The number of rotatable bonds is 2. The van der Waals surface area contributed by atoms with Crippen LogP contribution >= 0.6 is 0 Å². The standard InChI is InChI=1S/C11H12N2O2/c1-6-4-3-5-8-9(6)12-13-10(8)7(2)11(14)15/h3-5,7H,1-2H3,(H,12,13)(H,14,15). The van der Waals surface area contributed by atoms with Crippen LogP contribution in [0.4, 0.5) is 0 Å². The molecule has 15 heavy (non-hydrogen) atoms. The summed E-state index contributed by atoms with van der Waals surface area (Å²) in [7, 11) is 0. The molecule has 1 atom stereocenters. The van der Waals surface area contributed by atoms with E-state index in [4.69, 9.17) is 5.11 Å². The first-order valence-electron chi connectivity index (χ1n) is 4.77. The van der Waals surface area contributed by atoms with Gasteiger partial charge in [-0.05, 0) is 19.4 Å². The molecular formula is C11H12N2O2. The Hall–Kier alpha value is -1.84. The SMILES string of the molecule is Cc1cccc2c(C(C)C(=O)O)[nH]nc12. The Balaban J connectivity index is 2.64. The van der Waals surface area contributed by atoms with Gasteiger partial charge >= 0.3 is 5.97 Å². The van der Waals surface area contributed by atoms with Crippen LogP contribution in [0.1, 0.15) is 24.1 Å². The van der Waals surface area contributed by atoms with E-state index < -0.39 is 11.9 Å². The van der Waals surface area contributed by atoms with Crippen molar-refractivity contribution < 1.29 is 9.90 Å². The van der Waals surface area contributed by atoms with Gasteiger partial charge in [0, 0.05) is 5.39 Å². The number of nitrogens with one attached hydrogen (secondary N) is 1. The van der Waals surface area contributed by atoms with Crippen LogP contribution in [0.25, 0.3) is 10.9 Å². The first-order chi connectivity index (χ1) is 7.11. The van der Waals surface area contributed by atoms with Crippen molar-refractivity contribution in [2.45, 2.75) is 19.8 Å². The van der Waals surface area contributed by atoms with Gasteiger partial charge in [-0.2, -0.15) is 5.10 Å². The number of nitrogens with zero attached hydrogens (tertiary/aromatic N) is 1. The Kier molecular flexibility index (Phi) is 2.19. The molecule has 1 aromatic heterocycles. The van der Waals surface area contributed by atoms with E-state index in [0.717, 1.165) is 16.5 Å². The van der Waals surface area contributed by atoms with E-state index in [2.05, 4.69) is 10.2 Å². The molecule has 0 fully saturated rings. The van der Waals surface area contributed by atoms with Gasteiger partial charge in [0.25, 0.3) is 0 Å². The highest BCUT2D eigenvalue weighted by molar-refractivity contribution is 5.89. The largest absolute Gasteiger partial charge is 0.481 e. The lowest BCUT2D eigenvalue weighted by molar-refractivity contribution is -0.138. The van der Waals surface area contributed by atoms with E-state index in [-0.39, 0.29) is 0 Å². The molecule has 0 saturated heterocycles. The van der Waals surface area contributed by atoms with Crippen molar-refractivity contribution in [2.24, 2.45) is 0 Å². The third kappa shape index (κ3) is 1.48. The molecular weight excluding hydrogens is 192 g/mol. The number of aromatic nitrogens is 2. The number of carbonyl (C=O) groups is 1. The molecule has 2 N–H and O–H groups in total. The lowest BCUT2D eigenvalue weighted by Crippen LogP contribution is -2.08. The van der Waals surface area contributed by atoms with Crippen molar-refractivity contribution in [3.8, 4) is 0 Å². The number of benzene rings is 1. The van der Waals surface area contributed by atoms with E-state index >= 15 is 0 Å². The molecule has 0 saturated carbocycles. The molecule has 1 unspecified atom stereocenters. The van der Waals surface area contributed by atoms with Crippen LogP contribution in [0.15, 0.2) is 18.2 Å². The molecule has 0 aliphatic carbocycles. The van der Waals surface area contributed by atoms with Crippen LogP contribution in [-0.4, -0.2) is 21.3 Å². The number of aromatic amines is 1. The maximum absolute atomic E-state index is 10.9. The predicted octanol–water partition coefficient (Wildman–Crippen LogP) is 2.06. The summed E-state index contributed by atoms with van der Waals surface area (Å²) < 4.78 is 0. The molecule has 1 heterocycles. The average Bonchev–Trinajstić information content (AvgIpc) is 2.61. The molecule has 1 aromatic carbocycles. The maximum atomic E-state index is 10.9.